The molecule has 0 spiro atoms. The molecule has 6 saturated carbocycles. The van der Waals surface area contributed by atoms with E-state index in [9.17, 15) is 33.1 Å². The normalized spacial score (nSPS) is 24.9. The summed E-state index contributed by atoms with van der Waals surface area (Å²) in [5.74, 6) is -1.16. The highest BCUT2D eigenvalue weighted by Gasteiger charge is 2.75. The fraction of sp³-hybridized carbons (Fsp3) is 0.391. The number of amides is 1. The van der Waals surface area contributed by atoms with Crippen molar-refractivity contribution in [2.75, 3.05) is 11.1 Å². The first-order chi connectivity index (χ1) is 26.6. The highest BCUT2D eigenvalue weighted by atomic mass is 35.5. The number of carboxylic acid groups (broad SMARTS) is 1. The summed E-state index contributed by atoms with van der Waals surface area (Å²) in [4.78, 5) is 49.2. The number of hydrogen-bond donors (Lipinski definition) is 3. The van der Waals surface area contributed by atoms with Gasteiger partial charge in [0, 0.05) is 50.8 Å². The molecular weight excluding hydrogens is 769 g/mol. The second kappa shape index (κ2) is 15.3. The Kier molecular flexibility index (Phi) is 11.3. The summed E-state index contributed by atoms with van der Waals surface area (Å²) in [6.45, 7) is 7.54. The number of nitrogens with one attached hydrogen (secondary N) is 1. The highest BCUT2D eigenvalue weighted by Crippen LogP contribution is 2.81. The molecular formula is C46H48Cl2F2N2O5. The van der Waals surface area contributed by atoms with Gasteiger partial charge in [-0.05, 0) is 147 Å². The van der Waals surface area contributed by atoms with Crippen LogP contribution < -0.4 is 11.1 Å². The zero-order chi connectivity index (χ0) is 41.6. The third-order valence-electron chi connectivity index (χ3n) is 13.4. The molecule has 4 bridgehead atoms. The van der Waals surface area contributed by atoms with E-state index in [1.807, 2.05) is 13.8 Å². The number of nitrogen functional groups attached to an aromatic ring is 1. The van der Waals surface area contributed by atoms with Gasteiger partial charge in [-0.15, -0.1) is 0 Å². The van der Waals surface area contributed by atoms with Crippen LogP contribution in [0.2, 0.25) is 10.0 Å². The zero-order valence-corrected chi connectivity index (χ0v) is 34.1. The summed E-state index contributed by atoms with van der Waals surface area (Å²) in [5.41, 5.74) is 6.38. The number of nitrogens with two attached hydrogens (primary N) is 1. The number of benzene rings is 4. The van der Waals surface area contributed by atoms with Crippen LogP contribution in [0.3, 0.4) is 0 Å². The Bertz CT molecular complexity index is 2140. The molecule has 0 saturated heterocycles. The molecule has 0 aromatic heterocycles. The molecule has 4 aromatic rings. The smallest absolute Gasteiger partial charge is 0.309 e. The van der Waals surface area contributed by atoms with Gasteiger partial charge in [-0.1, -0.05) is 61.3 Å². The molecule has 1 amide bonds. The van der Waals surface area contributed by atoms with Crippen LogP contribution in [0.4, 0.5) is 20.2 Å². The molecule has 4 N–H and O–H groups in total. The zero-order valence-electron chi connectivity index (χ0n) is 32.6. The van der Waals surface area contributed by atoms with Crippen molar-refractivity contribution in [3.8, 4) is 0 Å². The van der Waals surface area contributed by atoms with E-state index in [0.717, 1.165) is 38.5 Å². The summed E-state index contributed by atoms with van der Waals surface area (Å²) in [5, 5.41) is 13.4. The first-order valence-corrected chi connectivity index (χ1v) is 19.8. The van der Waals surface area contributed by atoms with Gasteiger partial charge >= 0.3 is 5.97 Å². The number of carbonyl (C=O) groups is 4. The van der Waals surface area contributed by atoms with Gasteiger partial charge in [-0.3, -0.25) is 19.2 Å². The summed E-state index contributed by atoms with van der Waals surface area (Å²) in [6, 6.07) is 25.6. The number of rotatable bonds is 11. The second-order valence-corrected chi connectivity index (χ2v) is 18.8. The van der Waals surface area contributed by atoms with Gasteiger partial charge < -0.3 is 16.2 Å². The average molecular weight is 818 g/mol. The van der Waals surface area contributed by atoms with E-state index in [1.165, 1.54) is 36.4 Å². The van der Waals surface area contributed by atoms with Crippen LogP contribution in [0.15, 0.2) is 97.1 Å². The lowest BCUT2D eigenvalue weighted by Crippen LogP contribution is -2.70. The molecule has 4 aromatic carbocycles. The van der Waals surface area contributed by atoms with Crippen molar-refractivity contribution in [1.29, 1.82) is 0 Å². The average Bonchev–Trinajstić information content (AvgIpc) is 3.09. The van der Waals surface area contributed by atoms with E-state index in [1.54, 1.807) is 74.5 Å². The Labute approximate surface area is 342 Å². The summed E-state index contributed by atoms with van der Waals surface area (Å²) in [6.07, 6.45) is 6.22. The van der Waals surface area contributed by atoms with Crippen molar-refractivity contribution in [2.24, 2.45) is 32.5 Å². The third-order valence-corrected chi connectivity index (χ3v) is 13.8. The molecule has 11 heteroatoms. The fourth-order valence-corrected chi connectivity index (χ4v) is 10.0. The molecule has 300 valence electrons. The Morgan fingerprint density at radius 2 is 1.04 bits per heavy atom. The molecule has 0 heterocycles. The van der Waals surface area contributed by atoms with Crippen LogP contribution in [-0.2, 0) is 9.59 Å². The maximum atomic E-state index is 13.1. The Morgan fingerprint density at radius 1 is 0.649 bits per heavy atom. The largest absolute Gasteiger partial charge is 0.481 e. The molecule has 6 fully saturated rings. The van der Waals surface area contributed by atoms with Crippen LogP contribution in [0.25, 0.3) is 0 Å². The van der Waals surface area contributed by atoms with Crippen molar-refractivity contribution >= 4 is 58.0 Å². The van der Waals surface area contributed by atoms with Crippen molar-refractivity contribution in [2.45, 2.75) is 79.1 Å². The SMILES string of the molecule is CC(C)(C(=O)Nc1ccc(F)cc1)C12CC(CC(=O)c3cccc(Cl)c3)(C1)C2.CC(C)(C(=O)O)C12CC(CC(=O)c3cccc(Cl)c3)(C1)C2.Nc1ccc(F)cc1. The van der Waals surface area contributed by atoms with Crippen molar-refractivity contribution in [1.82, 2.24) is 0 Å². The van der Waals surface area contributed by atoms with Gasteiger partial charge in [0.1, 0.15) is 11.6 Å². The lowest BCUT2D eigenvalue weighted by Gasteiger charge is -2.75. The first kappa shape index (κ1) is 42.0. The number of hydrogen-bond acceptors (Lipinski definition) is 5. The Balaban J connectivity index is 0.000000166. The topological polar surface area (TPSA) is 127 Å². The van der Waals surface area contributed by atoms with Crippen LogP contribution in [0.5, 0.6) is 0 Å². The quantitative estimate of drug-likeness (QED) is 0.102. The molecule has 10 rings (SSSR count). The minimum Gasteiger partial charge on any atom is -0.481 e. The Morgan fingerprint density at radius 3 is 1.40 bits per heavy atom. The van der Waals surface area contributed by atoms with Crippen LogP contribution in [0, 0.1) is 44.1 Å². The first-order valence-electron chi connectivity index (χ1n) is 19.0. The number of ketones is 2. The molecule has 6 aliphatic carbocycles. The molecule has 0 atom stereocenters. The van der Waals surface area contributed by atoms with Crippen LogP contribution in [0.1, 0.15) is 99.8 Å². The minimum atomic E-state index is -0.739. The lowest BCUT2D eigenvalue weighted by atomic mass is 9.28. The van der Waals surface area contributed by atoms with Gasteiger partial charge in [-0.2, -0.15) is 0 Å². The molecule has 57 heavy (non-hydrogen) atoms. The minimum absolute atomic E-state index is 0.0207. The van der Waals surface area contributed by atoms with E-state index in [-0.39, 0.29) is 50.8 Å². The van der Waals surface area contributed by atoms with E-state index < -0.39 is 16.8 Å². The molecule has 0 aliphatic heterocycles. The lowest BCUT2D eigenvalue weighted by molar-refractivity contribution is -0.260. The van der Waals surface area contributed by atoms with E-state index >= 15 is 0 Å². The summed E-state index contributed by atoms with van der Waals surface area (Å²) < 4.78 is 25.1. The van der Waals surface area contributed by atoms with Crippen LogP contribution in [-0.4, -0.2) is 28.5 Å². The summed E-state index contributed by atoms with van der Waals surface area (Å²) >= 11 is 11.9. The maximum absolute atomic E-state index is 13.1. The van der Waals surface area contributed by atoms with E-state index in [2.05, 4.69) is 5.32 Å². The maximum Gasteiger partial charge on any atom is 0.309 e. The number of Topliss-reactive ketones (excluding diaryl/α,β-unsaturated/α-hetero) is 2. The number of halogens is 4. The standard InChI is InChI=1S/C23H23ClFNO2.C17H19ClO3.C6H6FN/c1-21(2,20(28)26-18-8-6-17(25)7-9-18)23-12-22(13-23,14-23)11-19(27)15-4-3-5-16(24)10-15;1-15(2,14(20)21)17-8-16(9-17,10-17)7-13(19)11-4-3-5-12(18)6-11;7-5-1-3-6(8)4-2-5/h3-10H,11-14H2,1-2H3,(H,26,28);3-6H,7-10H2,1-2H3,(H,20,21);1-4H,8H2. The third kappa shape index (κ3) is 8.24. The number of carbonyl (C=O) groups excluding carboxylic acids is 3. The Hall–Kier alpha value is -4.60. The second-order valence-electron chi connectivity index (χ2n) is 17.9. The van der Waals surface area contributed by atoms with Gasteiger partial charge in [0.15, 0.2) is 11.6 Å². The highest BCUT2D eigenvalue weighted by molar-refractivity contribution is 6.31. The van der Waals surface area contributed by atoms with Crippen molar-refractivity contribution < 1.29 is 33.1 Å². The number of aliphatic carboxylic acids is 1. The van der Waals surface area contributed by atoms with Gasteiger partial charge in [0.05, 0.1) is 5.41 Å². The van der Waals surface area contributed by atoms with Crippen molar-refractivity contribution in [3.63, 3.8) is 0 Å². The van der Waals surface area contributed by atoms with Crippen LogP contribution >= 0.6 is 23.2 Å². The van der Waals surface area contributed by atoms with E-state index in [4.69, 9.17) is 28.9 Å². The monoisotopic (exact) mass is 816 g/mol. The summed E-state index contributed by atoms with van der Waals surface area (Å²) in [7, 11) is 0. The van der Waals surface area contributed by atoms with Gasteiger partial charge in [0.25, 0.3) is 0 Å². The molecule has 7 nitrogen and oxygen atoms in total. The predicted octanol–water partition coefficient (Wildman–Crippen LogP) is 11.5. The molecule has 0 radical (unpaired) electrons. The molecule has 0 unspecified atom stereocenters. The predicted molar refractivity (Wildman–Crippen MR) is 219 cm³/mol. The molecule has 6 aliphatic rings. The number of carboxylic acids is 1. The van der Waals surface area contributed by atoms with Gasteiger partial charge in [0.2, 0.25) is 5.91 Å². The van der Waals surface area contributed by atoms with Gasteiger partial charge in [-0.25, -0.2) is 8.78 Å². The van der Waals surface area contributed by atoms with E-state index in [0.29, 0.717) is 45.4 Å². The van der Waals surface area contributed by atoms with Crippen molar-refractivity contribution in [3.05, 3.63) is 130 Å². The number of anilines is 2. The fourth-order valence-electron chi connectivity index (χ4n) is 9.66.